The van der Waals surface area contributed by atoms with E-state index in [-0.39, 0.29) is 12.8 Å². The van der Waals surface area contributed by atoms with E-state index in [0.29, 0.717) is 0 Å². The third kappa shape index (κ3) is 4.49. The molecule has 0 amide bonds. The van der Waals surface area contributed by atoms with Gasteiger partial charge >= 0.3 is 7.60 Å². The van der Waals surface area contributed by atoms with Crippen LogP contribution in [0.4, 0.5) is 0 Å². The van der Waals surface area contributed by atoms with Crippen LogP contribution in [-0.2, 0) is 9.09 Å². The Balaban J connectivity index is 3.75. The largest absolute Gasteiger partial charge is 0.411 e. The van der Waals surface area contributed by atoms with E-state index >= 15 is 0 Å². The van der Waals surface area contributed by atoms with Gasteiger partial charge in [-0.25, -0.2) is 0 Å². The minimum Gasteiger partial charge on any atom is -0.411 e. The second-order valence-electron chi connectivity index (χ2n) is 1.54. The fourth-order valence-corrected chi connectivity index (χ4v) is 1.18. The zero-order chi connectivity index (χ0) is 8.04. The molecule has 0 saturated heterocycles. The highest BCUT2D eigenvalue weighted by Gasteiger charge is 2.15. The van der Waals surface area contributed by atoms with Crippen LogP contribution in [0, 0.1) is 0 Å². The Morgan fingerprint density at radius 3 is 2.80 bits per heavy atom. The average Bonchev–Trinajstić information content (AvgIpc) is 1.84. The molecule has 0 fully saturated rings. The third-order valence-corrected chi connectivity index (χ3v) is 2.01. The molecule has 0 aliphatic rings. The van der Waals surface area contributed by atoms with Crippen LogP contribution in [0.15, 0.2) is 5.16 Å². The standard InChI is InChI=1S/C4H10NO4P/c1-2-9-10(7,8)4-3-5-6/h3,6H,2,4H2,1H3,(H,7,8). The minimum absolute atomic E-state index is 0.174. The molecule has 1 atom stereocenters. The SMILES string of the molecule is CCOP(=O)(O)CC=NO. The molecule has 0 rings (SSSR count). The fraction of sp³-hybridized carbons (Fsp3) is 0.750. The van der Waals surface area contributed by atoms with E-state index in [2.05, 4.69) is 9.68 Å². The molecular formula is C4H10NO4P. The van der Waals surface area contributed by atoms with Gasteiger partial charge in [-0.3, -0.25) is 4.57 Å². The Morgan fingerprint density at radius 1 is 1.80 bits per heavy atom. The van der Waals surface area contributed by atoms with Crippen molar-refractivity contribution in [2.24, 2.45) is 5.16 Å². The maximum atomic E-state index is 10.7. The summed E-state index contributed by atoms with van der Waals surface area (Å²) in [7, 11) is -3.52. The van der Waals surface area contributed by atoms with Crippen LogP contribution < -0.4 is 0 Å². The van der Waals surface area contributed by atoms with Gasteiger partial charge in [-0.2, -0.15) is 0 Å². The van der Waals surface area contributed by atoms with Crippen molar-refractivity contribution in [2.45, 2.75) is 6.92 Å². The molecule has 0 aromatic carbocycles. The summed E-state index contributed by atoms with van der Waals surface area (Å²) in [6.45, 7) is 1.78. The topological polar surface area (TPSA) is 79.1 Å². The van der Waals surface area contributed by atoms with Crippen molar-refractivity contribution in [1.29, 1.82) is 0 Å². The highest BCUT2D eigenvalue weighted by molar-refractivity contribution is 7.53. The summed E-state index contributed by atoms with van der Waals surface area (Å²) < 4.78 is 15.1. The minimum atomic E-state index is -3.52. The zero-order valence-electron chi connectivity index (χ0n) is 5.60. The summed E-state index contributed by atoms with van der Waals surface area (Å²) in [5, 5.41) is 10.4. The molecule has 1 unspecified atom stereocenters. The first-order valence-electron chi connectivity index (χ1n) is 2.74. The Morgan fingerprint density at radius 2 is 2.40 bits per heavy atom. The van der Waals surface area contributed by atoms with Gasteiger partial charge in [-0.1, -0.05) is 0 Å². The lowest BCUT2D eigenvalue weighted by Crippen LogP contribution is -1.94. The Hall–Kier alpha value is -0.380. The van der Waals surface area contributed by atoms with Crippen molar-refractivity contribution >= 4 is 13.8 Å². The van der Waals surface area contributed by atoms with Crippen molar-refractivity contribution in [3.8, 4) is 0 Å². The van der Waals surface area contributed by atoms with E-state index in [1.54, 1.807) is 6.92 Å². The summed E-state index contributed by atoms with van der Waals surface area (Å²) in [4.78, 5) is 8.78. The van der Waals surface area contributed by atoms with Crippen molar-refractivity contribution < 1.29 is 19.2 Å². The van der Waals surface area contributed by atoms with Gasteiger partial charge in [0.1, 0.15) is 0 Å². The number of hydrogen-bond donors (Lipinski definition) is 2. The molecule has 6 heteroatoms. The molecule has 0 spiro atoms. The van der Waals surface area contributed by atoms with Gasteiger partial charge in [0.2, 0.25) is 0 Å². The summed E-state index contributed by atoms with van der Waals surface area (Å²) >= 11 is 0. The molecule has 10 heavy (non-hydrogen) atoms. The second kappa shape index (κ2) is 4.44. The first-order valence-corrected chi connectivity index (χ1v) is 4.51. The van der Waals surface area contributed by atoms with Crippen molar-refractivity contribution in [1.82, 2.24) is 0 Å². The van der Waals surface area contributed by atoms with Crippen LogP contribution >= 0.6 is 7.60 Å². The van der Waals surface area contributed by atoms with Crippen LogP contribution in [0.3, 0.4) is 0 Å². The van der Waals surface area contributed by atoms with Crippen LogP contribution in [0.1, 0.15) is 6.92 Å². The molecule has 0 heterocycles. The second-order valence-corrected chi connectivity index (χ2v) is 3.43. The monoisotopic (exact) mass is 167 g/mol. The van der Waals surface area contributed by atoms with Gasteiger partial charge in [-0.05, 0) is 6.92 Å². The van der Waals surface area contributed by atoms with Gasteiger partial charge in [0.15, 0.2) is 0 Å². The predicted molar refractivity (Wildman–Crippen MR) is 36.6 cm³/mol. The van der Waals surface area contributed by atoms with Crippen molar-refractivity contribution in [3.05, 3.63) is 0 Å². The maximum Gasteiger partial charge on any atom is 0.333 e. The van der Waals surface area contributed by atoms with Crippen LogP contribution in [0.2, 0.25) is 0 Å². The molecule has 0 aliphatic carbocycles. The first-order chi connectivity index (χ1) is 4.62. The molecule has 0 radical (unpaired) electrons. The highest BCUT2D eigenvalue weighted by atomic mass is 31.2. The van der Waals surface area contributed by atoms with Gasteiger partial charge < -0.3 is 14.6 Å². The molecule has 0 aliphatic heterocycles. The molecule has 0 aromatic heterocycles. The van der Waals surface area contributed by atoms with E-state index in [9.17, 15) is 4.57 Å². The van der Waals surface area contributed by atoms with E-state index in [0.717, 1.165) is 6.21 Å². The Bertz CT molecular complexity index is 157. The lowest BCUT2D eigenvalue weighted by molar-refractivity contribution is 0.276. The van der Waals surface area contributed by atoms with Gasteiger partial charge in [-0.15, -0.1) is 5.16 Å². The molecule has 2 N–H and O–H groups in total. The van der Waals surface area contributed by atoms with Gasteiger partial charge in [0, 0.05) is 0 Å². The van der Waals surface area contributed by atoms with Crippen LogP contribution in [-0.4, -0.2) is 29.1 Å². The predicted octanol–water partition coefficient (Wildman–Crippen LogP) is 0.668. The molecule has 0 bridgehead atoms. The summed E-state index contributed by atoms with van der Waals surface area (Å²) in [6, 6.07) is 0. The highest BCUT2D eigenvalue weighted by Crippen LogP contribution is 2.40. The summed E-state index contributed by atoms with van der Waals surface area (Å²) in [6.07, 6.45) is 0.674. The van der Waals surface area contributed by atoms with Crippen molar-refractivity contribution in [2.75, 3.05) is 12.8 Å². The molecular weight excluding hydrogens is 157 g/mol. The fourth-order valence-electron chi connectivity index (χ4n) is 0.394. The lowest BCUT2D eigenvalue weighted by Gasteiger charge is -2.05. The average molecular weight is 167 g/mol. The number of nitrogens with zero attached hydrogens (tertiary/aromatic N) is 1. The first kappa shape index (κ1) is 9.62. The molecule has 60 valence electrons. The van der Waals surface area contributed by atoms with E-state index in [1.165, 1.54) is 0 Å². The van der Waals surface area contributed by atoms with E-state index < -0.39 is 7.60 Å². The smallest absolute Gasteiger partial charge is 0.333 e. The van der Waals surface area contributed by atoms with E-state index in [4.69, 9.17) is 10.1 Å². The molecule has 5 nitrogen and oxygen atoms in total. The lowest BCUT2D eigenvalue weighted by atomic mass is 10.9. The molecule has 0 saturated carbocycles. The van der Waals surface area contributed by atoms with Crippen LogP contribution in [0.25, 0.3) is 0 Å². The quantitative estimate of drug-likeness (QED) is 0.279. The van der Waals surface area contributed by atoms with Gasteiger partial charge in [0.25, 0.3) is 0 Å². The normalized spacial score (nSPS) is 17.4. The summed E-state index contributed by atoms with van der Waals surface area (Å²) in [5.41, 5.74) is 0. The van der Waals surface area contributed by atoms with Gasteiger partial charge in [0.05, 0.1) is 19.0 Å². The zero-order valence-corrected chi connectivity index (χ0v) is 6.49. The van der Waals surface area contributed by atoms with E-state index in [1.807, 2.05) is 0 Å². The molecule has 0 aromatic rings. The number of oxime groups is 1. The van der Waals surface area contributed by atoms with Crippen LogP contribution in [0.5, 0.6) is 0 Å². The number of hydrogen-bond acceptors (Lipinski definition) is 4. The Labute approximate surface area is 58.8 Å². The maximum absolute atomic E-state index is 10.7. The third-order valence-electron chi connectivity index (χ3n) is 0.725. The summed E-state index contributed by atoms with van der Waals surface area (Å²) in [5.74, 6) is 0. The van der Waals surface area contributed by atoms with Crippen molar-refractivity contribution in [3.63, 3.8) is 0 Å². The number of rotatable bonds is 4. The Kier molecular flexibility index (Phi) is 4.27.